The Bertz CT molecular complexity index is 516. The molecule has 0 spiro atoms. The fourth-order valence-electron chi connectivity index (χ4n) is 2.53. The number of aryl methyl sites for hydroxylation is 2. The molecule has 0 aliphatic carbocycles. The van der Waals surface area contributed by atoms with E-state index in [9.17, 15) is 0 Å². The first-order chi connectivity index (χ1) is 8.38. The zero-order valence-corrected chi connectivity index (χ0v) is 10.1. The number of hydrogen-bond acceptors (Lipinski definition) is 2. The Balaban J connectivity index is 1.89. The second-order valence-electron chi connectivity index (χ2n) is 4.46. The lowest BCUT2D eigenvalue weighted by atomic mass is 9.98. The minimum atomic E-state index is 0.347. The van der Waals surface area contributed by atoms with E-state index >= 15 is 0 Å². The van der Waals surface area contributed by atoms with Crippen LogP contribution in [0, 0.1) is 0 Å². The van der Waals surface area contributed by atoms with Gasteiger partial charge in [-0.1, -0.05) is 18.2 Å². The normalized spacial score (nSPS) is 18.5. The van der Waals surface area contributed by atoms with Crippen molar-refractivity contribution in [1.29, 1.82) is 0 Å². The molecule has 1 N–H and O–H groups in total. The molecule has 1 aliphatic rings. The summed E-state index contributed by atoms with van der Waals surface area (Å²) in [6, 6.07) is 8.89. The smallest absolute Gasteiger partial charge is 0.131 e. The summed E-state index contributed by atoms with van der Waals surface area (Å²) in [5.74, 6) is 1.15. The van der Waals surface area contributed by atoms with E-state index in [1.54, 1.807) is 0 Å². The number of rotatable bonds is 2. The van der Waals surface area contributed by atoms with Gasteiger partial charge in [0, 0.05) is 24.6 Å². The number of aromatic nitrogens is 2. The van der Waals surface area contributed by atoms with Crippen LogP contribution in [-0.2, 0) is 13.0 Å². The third kappa shape index (κ3) is 1.82. The predicted octanol–water partition coefficient (Wildman–Crippen LogP) is 3.00. The lowest BCUT2D eigenvalue weighted by Gasteiger charge is -2.27. The Hall–Kier alpha value is -1.77. The molecule has 3 heteroatoms. The molecular formula is C14H17N3. The standard InChI is InChI=1S/C14H17N3/c1-2-17-10-9-15-14(17)13-8-7-11-5-3-4-6-12(11)16-13/h3-6,9-10,13,16H,2,7-8H2,1H3. The number of nitrogens with one attached hydrogen (secondary N) is 1. The first-order valence-electron chi connectivity index (χ1n) is 6.24. The lowest BCUT2D eigenvalue weighted by Crippen LogP contribution is -2.21. The molecule has 0 bridgehead atoms. The second kappa shape index (κ2) is 4.24. The number of benzene rings is 1. The maximum Gasteiger partial charge on any atom is 0.131 e. The zero-order valence-electron chi connectivity index (χ0n) is 10.1. The average Bonchev–Trinajstić information content (AvgIpc) is 2.86. The van der Waals surface area contributed by atoms with E-state index in [0.29, 0.717) is 6.04 Å². The molecule has 3 nitrogen and oxygen atoms in total. The van der Waals surface area contributed by atoms with Crippen LogP contribution < -0.4 is 5.32 Å². The van der Waals surface area contributed by atoms with Gasteiger partial charge in [0.2, 0.25) is 0 Å². The van der Waals surface area contributed by atoms with E-state index in [4.69, 9.17) is 0 Å². The van der Waals surface area contributed by atoms with E-state index < -0.39 is 0 Å². The van der Waals surface area contributed by atoms with Gasteiger partial charge >= 0.3 is 0 Å². The molecule has 0 radical (unpaired) electrons. The molecule has 1 aromatic heterocycles. The Morgan fingerprint density at radius 1 is 1.41 bits per heavy atom. The summed E-state index contributed by atoms with van der Waals surface area (Å²) in [5.41, 5.74) is 2.67. The number of nitrogens with zero attached hydrogens (tertiary/aromatic N) is 2. The van der Waals surface area contributed by atoms with Crippen LogP contribution in [0.15, 0.2) is 36.7 Å². The minimum Gasteiger partial charge on any atom is -0.375 e. The van der Waals surface area contributed by atoms with E-state index in [1.165, 1.54) is 11.3 Å². The van der Waals surface area contributed by atoms with Crippen LogP contribution >= 0.6 is 0 Å². The Kier molecular flexibility index (Phi) is 2.59. The van der Waals surface area contributed by atoms with E-state index in [2.05, 4.69) is 52.3 Å². The van der Waals surface area contributed by atoms with E-state index in [0.717, 1.165) is 25.2 Å². The van der Waals surface area contributed by atoms with Gasteiger partial charge in [-0.3, -0.25) is 0 Å². The van der Waals surface area contributed by atoms with Crippen LogP contribution in [-0.4, -0.2) is 9.55 Å². The van der Waals surface area contributed by atoms with Gasteiger partial charge in [0.15, 0.2) is 0 Å². The third-order valence-corrected chi connectivity index (χ3v) is 3.45. The first-order valence-corrected chi connectivity index (χ1v) is 6.24. The highest BCUT2D eigenvalue weighted by molar-refractivity contribution is 5.54. The summed E-state index contributed by atoms with van der Waals surface area (Å²) in [6.07, 6.45) is 6.19. The SMILES string of the molecule is CCn1ccnc1C1CCc2ccccc2N1. The summed E-state index contributed by atoms with van der Waals surface area (Å²) in [6.45, 7) is 3.14. The maximum absolute atomic E-state index is 4.48. The van der Waals surface area contributed by atoms with Gasteiger partial charge in [-0.15, -0.1) is 0 Å². The van der Waals surface area contributed by atoms with Crippen LogP contribution in [0.25, 0.3) is 0 Å². The molecule has 0 saturated heterocycles. The predicted molar refractivity (Wildman–Crippen MR) is 69.0 cm³/mol. The average molecular weight is 227 g/mol. The topological polar surface area (TPSA) is 29.9 Å². The molecule has 1 unspecified atom stereocenters. The van der Waals surface area contributed by atoms with Crippen molar-refractivity contribution in [1.82, 2.24) is 9.55 Å². The summed E-state index contributed by atoms with van der Waals surface area (Å²) < 4.78 is 2.21. The fourth-order valence-corrected chi connectivity index (χ4v) is 2.53. The lowest BCUT2D eigenvalue weighted by molar-refractivity contribution is 0.582. The highest BCUT2D eigenvalue weighted by Crippen LogP contribution is 2.31. The quantitative estimate of drug-likeness (QED) is 0.854. The van der Waals surface area contributed by atoms with Gasteiger partial charge in [-0.05, 0) is 31.4 Å². The first kappa shape index (κ1) is 10.4. The highest BCUT2D eigenvalue weighted by atomic mass is 15.1. The van der Waals surface area contributed by atoms with Gasteiger partial charge in [-0.2, -0.15) is 0 Å². The van der Waals surface area contributed by atoms with Crippen LogP contribution in [0.5, 0.6) is 0 Å². The van der Waals surface area contributed by atoms with Crippen molar-refractivity contribution in [3.63, 3.8) is 0 Å². The van der Waals surface area contributed by atoms with Crippen molar-refractivity contribution in [3.8, 4) is 0 Å². The van der Waals surface area contributed by atoms with Gasteiger partial charge < -0.3 is 9.88 Å². The summed E-state index contributed by atoms with van der Waals surface area (Å²) in [5, 5.41) is 3.59. The molecule has 1 aromatic carbocycles. The number of anilines is 1. The Morgan fingerprint density at radius 3 is 3.18 bits per heavy atom. The molecule has 17 heavy (non-hydrogen) atoms. The maximum atomic E-state index is 4.48. The molecule has 0 saturated carbocycles. The molecule has 2 aromatic rings. The molecule has 1 aliphatic heterocycles. The van der Waals surface area contributed by atoms with Crippen molar-refractivity contribution in [2.75, 3.05) is 5.32 Å². The third-order valence-electron chi connectivity index (χ3n) is 3.45. The van der Waals surface area contributed by atoms with Crippen LogP contribution in [0.4, 0.5) is 5.69 Å². The molecule has 1 atom stereocenters. The van der Waals surface area contributed by atoms with E-state index in [1.807, 2.05) is 6.20 Å². The molecule has 88 valence electrons. The number of imidazole rings is 1. The van der Waals surface area contributed by atoms with Crippen molar-refractivity contribution >= 4 is 5.69 Å². The van der Waals surface area contributed by atoms with Crippen LogP contribution in [0.2, 0.25) is 0 Å². The number of hydrogen-bond donors (Lipinski definition) is 1. The molecule has 3 rings (SSSR count). The van der Waals surface area contributed by atoms with Crippen molar-refractivity contribution in [2.24, 2.45) is 0 Å². The summed E-state index contributed by atoms with van der Waals surface area (Å²) in [7, 11) is 0. The van der Waals surface area contributed by atoms with E-state index in [-0.39, 0.29) is 0 Å². The van der Waals surface area contributed by atoms with Gasteiger partial charge in [0.25, 0.3) is 0 Å². The molecule has 0 amide bonds. The van der Waals surface area contributed by atoms with Gasteiger partial charge in [0.1, 0.15) is 5.82 Å². The van der Waals surface area contributed by atoms with Crippen molar-refractivity contribution in [3.05, 3.63) is 48.0 Å². The summed E-state index contributed by atoms with van der Waals surface area (Å²) >= 11 is 0. The van der Waals surface area contributed by atoms with Gasteiger partial charge in [-0.25, -0.2) is 4.98 Å². The van der Waals surface area contributed by atoms with Crippen LogP contribution in [0.3, 0.4) is 0 Å². The number of fused-ring (bicyclic) bond motifs is 1. The van der Waals surface area contributed by atoms with Crippen molar-refractivity contribution < 1.29 is 0 Å². The zero-order chi connectivity index (χ0) is 11.7. The Labute approximate surface area is 101 Å². The van der Waals surface area contributed by atoms with Gasteiger partial charge in [0.05, 0.1) is 6.04 Å². The Morgan fingerprint density at radius 2 is 2.29 bits per heavy atom. The molecule has 2 heterocycles. The molecule has 0 fully saturated rings. The number of para-hydroxylation sites is 1. The van der Waals surface area contributed by atoms with Crippen molar-refractivity contribution in [2.45, 2.75) is 32.4 Å². The fraction of sp³-hybridized carbons (Fsp3) is 0.357. The van der Waals surface area contributed by atoms with Crippen LogP contribution in [0.1, 0.15) is 30.8 Å². The monoisotopic (exact) mass is 227 g/mol. The molecular weight excluding hydrogens is 210 g/mol. The largest absolute Gasteiger partial charge is 0.375 e. The second-order valence-corrected chi connectivity index (χ2v) is 4.46. The highest BCUT2D eigenvalue weighted by Gasteiger charge is 2.21. The minimum absolute atomic E-state index is 0.347. The summed E-state index contributed by atoms with van der Waals surface area (Å²) in [4.78, 5) is 4.48.